The molecule has 9 nitrogen and oxygen atoms in total. The molecule has 0 saturated heterocycles. The quantitative estimate of drug-likeness (QED) is 0.259. The fraction of sp³-hybridized carbons (Fsp3) is 0.444. The molecule has 1 aliphatic rings. The van der Waals surface area contributed by atoms with E-state index < -0.39 is 0 Å². The number of ether oxygens (including phenoxy) is 3. The van der Waals surface area contributed by atoms with Gasteiger partial charge in [-0.1, -0.05) is 23.8 Å². The second-order valence-electron chi connectivity index (χ2n) is 9.31. The van der Waals surface area contributed by atoms with Gasteiger partial charge < -0.3 is 24.5 Å². The van der Waals surface area contributed by atoms with Crippen LogP contribution in [0.2, 0.25) is 0 Å². The van der Waals surface area contributed by atoms with Gasteiger partial charge in [-0.2, -0.15) is 0 Å². The first-order chi connectivity index (χ1) is 17.8. The number of hydrogen-bond acceptors (Lipinski definition) is 7. The Morgan fingerprint density at radius 3 is 2.86 bits per heavy atom. The molecule has 0 radical (unpaired) electrons. The van der Waals surface area contributed by atoms with E-state index in [1.54, 1.807) is 19.5 Å². The Bertz CT molecular complexity index is 1250. The fourth-order valence-corrected chi connectivity index (χ4v) is 4.33. The van der Waals surface area contributed by atoms with Crippen molar-refractivity contribution in [1.29, 1.82) is 0 Å². The van der Waals surface area contributed by atoms with E-state index in [9.17, 15) is 0 Å². The number of H-pyrrole nitrogens is 1. The summed E-state index contributed by atoms with van der Waals surface area (Å²) >= 11 is 0. The first-order valence-electron chi connectivity index (χ1n) is 12.6. The van der Waals surface area contributed by atoms with E-state index in [-0.39, 0.29) is 0 Å². The molecule has 1 aliphatic carbocycles. The van der Waals surface area contributed by atoms with Gasteiger partial charge in [-0.05, 0) is 54.5 Å². The van der Waals surface area contributed by atoms with Crippen molar-refractivity contribution >= 4 is 10.9 Å². The van der Waals surface area contributed by atoms with Gasteiger partial charge in [0.2, 0.25) is 0 Å². The standard InChI is InChI=1S/C27H34N6O3/c1-34-7-8-35-9-10-36-25-13-23(15-29-17-25)27-19-33(32-31-27)18-21-5-6-22-12-24(30-26(22)11-21)16-28-14-20-3-2-4-20/h5-6,11-13,15,17,19-20,28,30H,2-4,7-10,14,16,18H2,1H3. The zero-order chi connectivity index (χ0) is 24.6. The number of nitrogens with one attached hydrogen (secondary N) is 2. The van der Waals surface area contributed by atoms with E-state index in [0.29, 0.717) is 38.7 Å². The summed E-state index contributed by atoms with van der Waals surface area (Å²) in [6.45, 7) is 4.70. The molecule has 0 aliphatic heterocycles. The highest BCUT2D eigenvalue weighted by molar-refractivity contribution is 5.81. The van der Waals surface area contributed by atoms with Crippen molar-refractivity contribution in [2.45, 2.75) is 32.4 Å². The molecule has 5 rings (SSSR count). The van der Waals surface area contributed by atoms with Gasteiger partial charge in [0.15, 0.2) is 0 Å². The van der Waals surface area contributed by atoms with Gasteiger partial charge in [-0.3, -0.25) is 4.98 Å². The van der Waals surface area contributed by atoms with E-state index in [4.69, 9.17) is 14.2 Å². The maximum absolute atomic E-state index is 5.75. The molecule has 0 unspecified atom stereocenters. The van der Waals surface area contributed by atoms with Gasteiger partial charge in [0.05, 0.1) is 38.8 Å². The molecule has 0 atom stereocenters. The molecular formula is C27H34N6O3. The second-order valence-corrected chi connectivity index (χ2v) is 9.31. The van der Waals surface area contributed by atoms with Gasteiger partial charge in [-0.25, -0.2) is 4.68 Å². The van der Waals surface area contributed by atoms with Gasteiger partial charge in [-0.15, -0.1) is 5.10 Å². The van der Waals surface area contributed by atoms with Crippen LogP contribution in [0.5, 0.6) is 5.75 Å². The van der Waals surface area contributed by atoms with Crippen molar-refractivity contribution in [2.75, 3.05) is 40.1 Å². The van der Waals surface area contributed by atoms with Crippen molar-refractivity contribution in [3.63, 3.8) is 0 Å². The normalized spacial score (nSPS) is 13.8. The molecule has 3 heterocycles. The lowest BCUT2D eigenvalue weighted by Gasteiger charge is -2.25. The molecule has 2 N–H and O–H groups in total. The van der Waals surface area contributed by atoms with E-state index >= 15 is 0 Å². The van der Waals surface area contributed by atoms with Gasteiger partial charge in [0, 0.05) is 36.6 Å². The van der Waals surface area contributed by atoms with Crippen LogP contribution in [-0.4, -0.2) is 65.0 Å². The fourth-order valence-electron chi connectivity index (χ4n) is 4.33. The summed E-state index contributed by atoms with van der Waals surface area (Å²) in [4.78, 5) is 7.84. The summed E-state index contributed by atoms with van der Waals surface area (Å²) in [5.41, 5.74) is 5.15. The lowest BCUT2D eigenvalue weighted by Crippen LogP contribution is -2.26. The third-order valence-electron chi connectivity index (χ3n) is 6.54. The zero-order valence-corrected chi connectivity index (χ0v) is 20.8. The Kier molecular flexibility index (Phi) is 8.22. The summed E-state index contributed by atoms with van der Waals surface area (Å²) in [6, 6.07) is 10.7. The Morgan fingerprint density at radius 2 is 2.00 bits per heavy atom. The van der Waals surface area contributed by atoms with Crippen molar-refractivity contribution in [3.8, 4) is 17.0 Å². The number of methoxy groups -OCH3 is 1. The summed E-state index contributed by atoms with van der Waals surface area (Å²) in [5, 5.41) is 13.5. The third kappa shape index (κ3) is 6.48. The molecule has 190 valence electrons. The zero-order valence-electron chi connectivity index (χ0n) is 20.8. The summed E-state index contributed by atoms with van der Waals surface area (Å²) in [5.74, 6) is 1.54. The number of aromatic nitrogens is 5. The average molecular weight is 491 g/mol. The maximum Gasteiger partial charge on any atom is 0.138 e. The van der Waals surface area contributed by atoms with Gasteiger partial charge in [0.25, 0.3) is 0 Å². The number of rotatable bonds is 14. The number of aromatic amines is 1. The first-order valence-corrected chi connectivity index (χ1v) is 12.6. The minimum absolute atomic E-state index is 0.445. The number of nitrogens with zero attached hydrogens (tertiary/aromatic N) is 4. The van der Waals surface area contributed by atoms with Crippen LogP contribution < -0.4 is 10.1 Å². The Balaban J connectivity index is 1.16. The highest BCUT2D eigenvalue weighted by atomic mass is 16.5. The van der Waals surface area contributed by atoms with Crippen LogP contribution in [0.3, 0.4) is 0 Å². The van der Waals surface area contributed by atoms with Crippen LogP contribution in [0, 0.1) is 5.92 Å². The molecule has 3 aromatic heterocycles. The number of hydrogen-bond donors (Lipinski definition) is 2. The number of benzene rings is 1. The molecule has 1 saturated carbocycles. The van der Waals surface area contributed by atoms with E-state index in [1.165, 1.54) is 35.9 Å². The molecule has 1 fully saturated rings. The highest BCUT2D eigenvalue weighted by Crippen LogP contribution is 2.25. The van der Waals surface area contributed by atoms with Crippen LogP contribution in [0.25, 0.3) is 22.2 Å². The highest BCUT2D eigenvalue weighted by Gasteiger charge is 2.16. The summed E-state index contributed by atoms with van der Waals surface area (Å²) in [6.07, 6.45) is 9.51. The van der Waals surface area contributed by atoms with Crippen LogP contribution in [0.4, 0.5) is 0 Å². The van der Waals surface area contributed by atoms with Crippen LogP contribution in [-0.2, 0) is 22.6 Å². The third-order valence-corrected chi connectivity index (χ3v) is 6.54. The van der Waals surface area contributed by atoms with E-state index in [2.05, 4.69) is 49.9 Å². The first kappa shape index (κ1) is 24.4. The average Bonchev–Trinajstić information content (AvgIpc) is 3.49. The molecule has 1 aromatic carbocycles. The van der Waals surface area contributed by atoms with Crippen LogP contribution >= 0.6 is 0 Å². The van der Waals surface area contributed by atoms with E-state index in [1.807, 2.05) is 16.9 Å². The van der Waals surface area contributed by atoms with Crippen molar-refractivity contribution in [1.82, 2.24) is 30.3 Å². The predicted molar refractivity (Wildman–Crippen MR) is 138 cm³/mol. The van der Waals surface area contributed by atoms with Gasteiger partial charge in [0.1, 0.15) is 18.1 Å². The predicted octanol–water partition coefficient (Wildman–Crippen LogP) is 3.80. The summed E-state index contributed by atoms with van der Waals surface area (Å²) in [7, 11) is 1.65. The monoisotopic (exact) mass is 490 g/mol. The molecule has 36 heavy (non-hydrogen) atoms. The topological polar surface area (TPSA) is 99.1 Å². The SMILES string of the molecule is COCCOCCOc1cncc(-c2cn(Cc3ccc4cc(CNCC5CCC5)[nH]c4c3)nn2)c1. The Labute approximate surface area is 211 Å². The second kappa shape index (κ2) is 12.1. The summed E-state index contributed by atoms with van der Waals surface area (Å²) < 4.78 is 18.0. The maximum atomic E-state index is 5.75. The molecule has 9 heteroatoms. The molecule has 0 bridgehead atoms. The lowest BCUT2D eigenvalue weighted by molar-refractivity contribution is 0.0544. The van der Waals surface area contributed by atoms with Crippen LogP contribution in [0.1, 0.15) is 30.5 Å². The van der Waals surface area contributed by atoms with Crippen molar-refractivity contribution < 1.29 is 14.2 Å². The smallest absolute Gasteiger partial charge is 0.138 e. The number of pyridine rings is 1. The lowest BCUT2D eigenvalue weighted by atomic mass is 9.85. The Morgan fingerprint density at radius 1 is 1.08 bits per heavy atom. The molecule has 0 spiro atoms. The molecule has 4 aromatic rings. The minimum atomic E-state index is 0.445. The van der Waals surface area contributed by atoms with Gasteiger partial charge >= 0.3 is 0 Å². The van der Waals surface area contributed by atoms with Crippen molar-refractivity contribution in [3.05, 3.63) is 60.2 Å². The molecular weight excluding hydrogens is 456 g/mol. The number of fused-ring (bicyclic) bond motifs is 1. The van der Waals surface area contributed by atoms with E-state index in [0.717, 1.165) is 35.8 Å². The molecule has 0 amide bonds. The Hall–Kier alpha value is -3.27. The van der Waals surface area contributed by atoms with Crippen molar-refractivity contribution in [2.24, 2.45) is 5.92 Å². The minimum Gasteiger partial charge on any atom is -0.490 e. The largest absolute Gasteiger partial charge is 0.490 e. The van der Waals surface area contributed by atoms with Crippen LogP contribution in [0.15, 0.2) is 48.9 Å².